The van der Waals surface area contributed by atoms with Gasteiger partial charge < -0.3 is 13.6 Å². The Morgan fingerprint density at radius 3 is 1.47 bits per heavy atom. The minimum absolute atomic E-state index is 0.908. The fourth-order valence-electron chi connectivity index (χ4n) is 9.21. The molecule has 9 aromatic carbocycles. The van der Waals surface area contributed by atoms with Crippen LogP contribution in [0.4, 0.5) is 0 Å². The summed E-state index contributed by atoms with van der Waals surface area (Å²) in [4.78, 5) is 0. The van der Waals surface area contributed by atoms with Gasteiger partial charge in [-0.15, -0.1) is 0 Å². The average Bonchev–Trinajstić information content (AvgIpc) is 3.94. The maximum atomic E-state index is 6.16. The molecule has 0 saturated carbocycles. The summed E-state index contributed by atoms with van der Waals surface area (Å²) in [6, 6.07) is 74.5. The molecule has 0 unspecified atom stereocenters. The van der Waals surface area contributed by atoms with Crippen LogP contribution in [-0.2, 0) is 0 Å². The summed E-state index contributed by atoms with van der Waals surface area (Å²) >= 11 is 0. The molecule has 0 bridgehead atoms. The molecule has 12 aromatic rings. The minimum atomic E-state index is 0.908. The number of hydrogen-bond donors (Lipinski definition) is 0. The van der Waals surface area contributed by atoms with Gasteiger partial charge in [0.15, 0.2) is 0 Å². The van der Waals surface area contributed by atoms with Gasteiger partial charge in [-0.3, -0.25) is 0 Å². The van der Waals surface area contributed by atoms with Gasteiger partial charge in [-0.2, -0.15) is 0 Å². The van der Waals surface area contributed by atoms with Crippen molar-refractivity contribution in [3.05, 3.63) is 206 Å². The lowest BCUT2D eigenvalue weighted by Gasteiger charge is -2.12. The number of nitrogens with zero attached hydrogens (tertiary/aromatic N) is 2. The first-order chi connectivity index (χ1) is 28.3. The summed E-state index contributed by atoms with van der Waals surface area (Å²) in [6.07, 6.45) is 0. The largest absolute Gasteiger partial charge is 0.456 e. The Kier molecular flexibility index (Phi) is 6.93. The third kappa shape index (κ3) is 4.86. The molecule has 0 aliphatic rings. The standard InChI is InChI=1S/C54H34N2O/c1-2-13-35(14-3-1)36-27-30-39(31-28-36)55-47-22-7-4-18-44(47)53-42(20-11-24-49(53)55)43-21-12-25-50-54(43)45-19-5-8-23-48(45)56(50)40-16-10-15-37(33-40)38-29-32-52-46(34-38)41-17-6-9-26-51(41)57-52/h1-34H. The third-order valence-electron chi connectivity index (χ3n) is 11.7. The van der Waals surface area contributed by atoms with Crippen molar-refractivity contribution in [1.82, 2.24) is 9.13 Å². The number of hydrogen-bond acceptors (Lipinski definition) is 1. The van der Waals surface area contributed by atoms with E-state index in [9.17, 15) is 0 Å². The zero-order valence-electron chi connectivity index (χ0n) is 30.9. The van der Waals surface area contributed by atoms with Crippen molar-refractivity contribution in [2.24, 2.45) is 0 Å². The van der Waals surface area contributed by atoms with Crippen LogP contribution >= 0.6 is 0 Å². The Labute approximate surface area is 328 Å². The van der Waals surface area contributed by atoms with Gasteiger partial charge >= 0.3 is 0 Å². The number of benzene rings is 9. The van der Waals surface area contributed by atoms with Gasteiger partial charge in [0.25, 0.3) is 0 Å². The quantitative estimate of drug-likeness (QED) is 0.173. The lowest BCUT2D eigenvalue weighted by molar-refractivity contribution is 0.669. The molecule has 0 atom stereocenters. The van der Waals surface area contributed by atoms with Crippen molar-refractivity contribution in [3.8, 4) is 44.8 Å². The van der Waals surface area contributed by atoms with Gasteiger partial charge in [0.2, 0.25) is 0 Å². The van der Waals surface area contributed by atoms with Crippen LogP contribution in [0.2, 0.25) is 0 Å². The average molecular weight is 727 g/mol. The molecule has 57 heavy (non-hydrogen) atoms. The van der Waals surface area contributed by atoms with E-state index in [0.717, 1.165) is 44.4 Å². The van der Waals surface area contributed by atoms with Crippen LogP contribution in [0, 0.1) is 0 Å². The molecular weight excluding hydrogens is 693 g/mol. The van der Waals surface area contributed by atoms with E-state index in [0.29, 0.717) is 0 Å². The second-order valence-electron chi connectivity index (χ2n) is 14.9. The van der Waals surface area contributed by atoms with E-state index in [1.165, 1.54) is 65.9 Å². The van der Waals surface area contributed by atoms with Crippen molar-refractivity contribution in [2.45, 2.75) is 0 Å². The molecule has 3 aromatic heterocycles. The number of furan rings is 1. The fraction of sp³-hybridized carbons (Fsp3) is 0. The van der Waals surface area contributed by atoms with Gasteiger partial charge in [-0.25, -0.2) is 0 Å². The molecule has 0 fully saturated rings. The summed E-state index contributed by atoms with van der Waals surface area (Å²) in [5, 5.41) is 7.26. The topological polar surface area (TPSA) is 23.0 Å². The van der Waals surface area contributed by atoms with Gasteiger partial charge in [0, 0.05) is 43.7 Å². The summed E-state index contributed by atoms with van der Waals surface area (Å²) in [7, 11) is 0. The van der Waals surface area contributed by atoms with Gasteiger partial charge in [-0.1, -0.05) is 140 Å². The maximum absolute atomic E-state index is 6.16. The van der Waals surface area contributed by atoms with E-state index in [1.54, 1.807) is 0 Å². The number of para-hydroxylation sites is 3. The fourth-order valence-corrected chi connectivity index (χ4v) is 9.21. The lowest BCUT2D eigenvalue weighted by atomic mass is 9.95. The van der Waals surface area contributed by atoms with E-state index in [1.807, 2.05) is 12.1 Å². The Morgan fingerprint density at radius 1 is 0.281 bits per heavy atom. The van der Waals surface area contributed by atoms with Gasteiger partial charge in [0.05, 0.1) is 22.1 Å². The summed E-state index contributed by atoms with van der Waals surface area (Å²) in [5.74, 6) is 0. The summed E-state index contributed by atoms with van der Waals surface area (Å²) in [5.41, 5.74) is 16.1. The summed E-state index contributed by atoms with van der Waals surface area (Å²) in [6.45, 7) is 0. The van der Waals surface area contributed by atoms with Crippen molar-refractivity contribution >= 4 is 65.6 Å². The molecule has 0 N–H and O–H groups in total. The highest BCUT2D eigenvalue weighted by Gasteiger charge is 2.21. The minimum Gasteiger partial charge on any atom is -0.456 e. The monoisotopic (exact) mass is 726 g/mol. The zero-order valence-corrected chi connectivity index (χ0v) is 30.9. The van der Waals surface area contributed by atoms with Gasteiger partial charge in [0.1, 0.15) is 11.2 Å². The normalized spacial score (nSPS) is 11.9. The predicted octanol–water partition coefficient (Wildman–Crippen LogP) is 14.8. The molecule has 0 radical (unpaired) electrons. The molecule has 0 aliphatic carbocycles. The molecular formula is C54H34N2O. The van der Waals surface area contributed by atoms with E-state index in [2.05, 4.69) is 203 Å². The second-order valence-corrected chi connectivity index (χ2v) is 14.9. The maximum Gasteiger partial charge on any atom is 0.135 e. The Hall–Kier alpha value is -7.62. The van der Waals surface area contributed by atoms with E-state index in [4.69, 9.17) is 4.42 Å². The molecule has 0 saturated heterocycles. The van der Waals surface area contributed by atoms with Crippen molar-refractivity contribution in [2.75, 3.05) is 0 Å². The summed E-state index contributed by atoms with van der Waals surface area (Å²) < 4.78 is 11.0. The highest BCUT2D eigenvalue weighted by molar-refractivity contribution is 6.22. The first-order valence-corrected chi connectivity index (χ1v) is 19.5. The zero-order chi connectivity index (χ0) is 37.5. The van der Waals surface area contributed by atoms with E-state index < -0.39 is 0 Å². The van der Waals surface area contributed by atoms with E-state index >= 15 is 0 Å². The molecule has 3 heterocycles. The molecule has 3 heteroatoms. The molecule has 3 nitrogen and oxygen atoms in total. The molecule has 0 amide bonds. The molecule has 12 rings (SSSR count). The predicted molar refractivity (Wildman–Crippen MR) is 239 cm³/mol. The molecule has 266 valence electrons. The van der Waals surface area contributed by atoms with E-state index in [-0.39, 0.29) is 0 Å². The first kappa shape index (κ1) is 31.7. The highest BCUT2D eigenvalue weighted by Crippen LogP contribution is 2.44. The Bertz CT molecular complexity index is 3510. The molecule has 0 aliphatic heterocycles. The Balaban J connectivity index is 1.05. The second kappa shape index (κ2) is 12.5. The number of rotatable bonds is 5. The first-order valence-electron chi connectivity index (χ1n) is 19.5. The van der Waals surface area contributed by atoms with Crippen LogP contribution in [0.25, 0.3) is 110 Å². The van der Waals surface area contributed by atoms with Crippen molar-refractivity contribution < 1.29 is 4.42 Å². The van der Waals surface area contributed by atoms with Crippen LogP contribution in [0.5, 0.6) is 0 Å². The highest BCUT2D eigenvalue weighted by atomic mass is 16.3. The van der Waals surface area contributed by atoms with Crippen molar-refractivity contribution in [3.63, 3.8) is 0 Å². The number of fused-ring (bicyclic) bond motifs is 9. The van der Waals surface area contributed by atoms with Crippen LogP contribution in [0.3, 0.4) is 0 Å². The third-order valence-corrected chi connectivity index (χ3v) is 11.7. The Morgan fingerprint density at radius 2 is 0.772 bits per heavy atom. The SMILES string of the molecule is c1ccc(-c2ccc(-n3c4ccccc4c4c(-c5cccc6c5c5ccccc5n6-c5cccc(-c6ccc7oc8ccccc8c7c6)c5)cccc43)cc2)cc1. The van der Waals surface area contributed by atoms with Crippen LogP contribution in [0.15, 0.2) is 211 Å². The van der Waals surface area contributed by atoms with Crippen molar-refractivity contribution in [1.29, 1.82) is 0 Å². The van der Waals surface area contributed by atoms with Crippen LogP contribution in [0.1, 0.15) is 0 Å². The van der Waals surface area contributed by atoms with Crippen LogP contribution < -0.4 is 0 Å². The number of aromatic nitrogens is 2. The lowest BCUT2D eigenvalue weighted by Crippen LogP contribution is -1.94. The van der Waals surface area contributed by atoms with Crippen LogP contribution in [-0.4, -0.2) is 9.13 Å². The molecule has 0 spiro atoms. The van der Waals surface area contributed by atoms with Gasteiger partial charge in [-0.05, 0) is 100 Å². The smallest absolute Gasteiger partial charge is 0.135 e.